The van der Waals surface area contributed by atoms with Crippen molar-refractivity contribution in [1.82, 2.24) is 5.01 Å². The van der Waals surface area contributed by atoms with E-state index in [0.717, 1.165) is 30.0 Å². The predicted octanol–water partition coefficient (Wildman–Crippen LogP) is 5.50. The van der Waals surface area contributed by atoms with E-state index in [1.807, 2.05) is 12.1 Å². The third kappa shape index (κ3) is 3.57. The van der Waals surface area contributed by atoms with Crippen molar-refractivity contribution in [3.63, 3.8) is 0 Å². The first-order chi connectivity index (χ1) is 12.9. The first-order valence-electron chi connectivity index (χ1n) is 10.3. The van der Waals surface area contributed by atoms with Gasteiger partial charge in [0.25, 0.3) is 0 Å². The van der Waals surface area contributed by atoms with Crippen molar-refractivity contribution in [3.8, 4) is 6.07 Å². The molecule has 1 saturated carbocycles. The summed E-state index contributed by atoms with van der Waals surface area (Å²) in [7, 11) is 0. The zero-order chi connectivity index (χ0) is 17.8. The maximum absolute atomic E-state index is 9.47. The topological polar surface area (TPSA) is 30.3 Å². The predicted molar refractivity (Wildman–Crippen MR) is 108 cm³/mol. The Balaban J connectivity index is 1.64. The van der Waals surface area contributed by atoms with Gasteiger partial charge in [-0.2, -0.15) is 5.26 Å². The molecule has 0 aromatic heterocycles. The lowest BCUT2D eigenvalue weighted by atomic mass is 10.0. The van der Waals surface area contributed by atoms with Crippen LogP contribution in [0.1, 0.15) is 56.9 Å². The molecule has 1 aliphatic heterocycles. The molecule has 4 rings (SSSR count). The lowest BCUT2D eigenvalue weighted by Crippen LogP contribution is -2.43. The average molecular weight is 348 g/mol. The van der Waals surface area contributed by atoms with Gasteiger partial charge in [-0.25, -0.2) is 5.01 Å². The minimum Gasteiger partial charge on any atom is -0.305 e. The number of rotatable bonds is 4. The average Bonchev–Trinajstić information content (AvgIpc) is 3.10. The van der Waals surface area contributed by atoms with Gasteiger partial charge < -0.3 is 5.01 Å². The van der Waals surface area contributed by atoms with Crippen LogP contribution in [0.25, 0.3) is 10.8 Å². The second kappa shape index (κ2) is 8.10. The molecule has 0 spiro atoms. The molecular weight excluding hydrogens is 318 g/mol. The molecule has 26 heavy (non-hydrogen) atoms. The Kier molecular flexibility index (Phi) is 5.41. The Morgan fingerprint density at radius 1 is 0.885 bits per heavy atom. The number of benzene rings is 2. The summed E-state index contributed by atoms with van der Waals surface area (Å²) in [4.78, 5) is 0. The van der Waals surface area contributed by atoms with E-state index in [2.05, 4.69) is 40.4 Å². The highest BCUT2D eigenvalue weighted by molar-refractivity contribution is 5.97. The summed E-state index contributed by atoms with van der Waals surface area (Å²) in [6, 6.07) is 14.9. The molecule has 2 aliphatic rings. The van der Waals surface area contributed by atoms with Crippen molar-refractivity contribution < 1.29 is 0 Å². The number of fused-ring (bicyclic) bond motifs is 1. The molecule has 2 aromatic rings. The largest absolute Gasteiger partial charge is 0.305 e. The first-order valence-corrected chi connectivity index (χ1v) is 10.3. The number of nitriles is 1. The summed E-state index contributed by atoms with van der Waals surface area (Å²) in [5.41, 5.74) is 2.05. The maximum Gasteiger partial charge on any atom is 0.0998 e. The highest BCUT2D eigenvalue weighted by atomic mass is 15.6. The molecule has 2 aromatic carbocycles. The fourth-order valence-corrected chi connectivity index (χ4v) is 4.74. The molecule has 0 N–H and O–H groups in total. The summed E-state index contributed by atoms with van der Waals surface area (Å²) in [5, 5.41) is 16.9. The molecule has 136 valence electrons. The van der Waals surface area contributed by atoms with Crippen LogP contribution in [0.5, 0.6) is 0 Å². The number of hydrogen-bond donors (Lipinski definition) is 0. The molecule has 2 fully saturated rings. The molecule has 3 nitrogen and oxygen atoms in total. The van der Waals surface area contributed by atoms with Crippen molar-refractivity contribution >= 4 is 16.5 Å². The number of nitrogens with zero attached hydrogens (tertiary/aromatic N) is 3. The zero-order valence-electron chi connectivity index (χ0n) is 15.7. The molecule has 0 radical (unpaired) electrons. The van der Waals surface area contributed by atoms with Crippen LogP contribution in [0.2, 0.25) is 0 Å². The van der Waals surface area contributed by atoms with Crippen molar-refractivity contribution in [2.75, 3.05) is 24.6 Å². The van der Waals surface area contributed by atoms with Gasteiger partial charge >= 0.3 is 0 Å². The summed E-state index contributed by atoms with van der Waals surface area (Å²) < 4.78 is 0. The van der Waals surface area contributed by atoms with Gasteiger partial charge in [0, 0.05) is 30.4 Å². The fourth-order valence-electron chi connectivity index (χ4n) is 4.74. The normalized spacial score (nSPS) is 19.6. The van der Waals surface area contributed by atoms with Gasteiger partial charge in [0.2, 0.25) is 0 Å². The highest BCUT2D eigenvalue weighted by Gasteiger charge is 2.23. The van der Waals surface area contributed by atoms with Crippen LogP contribution in [0.15, 0.2) is 36.4 Å². The van der Waals surface area contributed by atoms with E-state index < -0.39 is 0 Å². The minimum absolute atomic E-state index is 0.775. The quantitative estimate of drug-likeness (QED) is 0.731. The summed E-state index contributed by atoms with van der Waals surface area (Å²) in [6.07, 6.45) is 10.9. The standard InChI is InChI=1S/C23H29N3/c24-18-20-12-13-23(22-11-5-4-10-21(20)22)26-16-7-1-6-15-25(26)17-14-19-8-2-3-9-19/h4-5,10-13,19H,1-3,6-9,14-17H2. The number of hydrogen-bond acceptors (Lipinski definition) is 3. The highest BCUT2D eigenvalue weighted by Crippen LogP contribution is 2.33. The fraction of sp³-hybridized carbons (Fsp3) is 0.522. The Morgan fingerprint density at radius 2 is 1.65 bits per heavy atom. The van der Waals surface area contributed by atoms with Crippen LogP contribution >= 0.6 is 0 Å². The maximum atomic E-state index is 9.47. The van der Waals surface area contributed by atoms with Crippen LogP contribution in [-0.2, 0) is 0 Å². The number of hydrazine groups is 1. The van der Waals surface area contributed by atoms with E-state index in [4.69, 9.17) is 0 Å². The van der Waals surface area contributed by atoms with Gasteiger partial charge in [-0.3, -0.25) is 0 Å². The Morgan fingerprint density at radius 3 is 2.46 bits per heavy atom. The van der Waals surface area contributed by atoms with Crippen LogP contribution < -0.4 is 5.01 Å². The van der Waals surface area contributed by atoms with Crippen molar-refractivity contribution in [2.24, 2.45) is 5.92 Å². The van der Waals surface area contributed by atoms with E-state index in [1.54, 1.807) is 0 Å². The zero-order valence-corrected chi connectivity index (χ0v) is 15.7. The van der Waals surface area contributed by atoms with Crippen LogP contribution in [0, 0.1) is 17.2 Å². The first kappa shape index (κ1) is 17.4. The van der Waals surface area contributed by atoms with Crippen molar-refractivity contribution in [2.45, 2.75) is 51.4 Å². The minimum atomic E-state index is 0.775. The van der Waals surface area contributed by atoms with Crippen molar-refractivity contribution in [1.29, 1.82) is 5.26 Å². The molecule has 0 bridgehead atoms. The SMILES string of the molecule is N#Cc1ccc(N2CCCCCN2CCC2CCCC2)c2ccccc12. The second-order valence-electron chi connectivity index (χ2n) is 7.87. The molecule has 1 saturated heterocycles. The lowest BCUT2D eigenvalue weighted by Gasteiger charge is -2.36. The molecule has 0 unspecified atom stereocenters. The van der Waals surface area contributed by atoms with Gasteiger partial charge in [-0.1, -0.05) is 56.4 Å². The third-order valence-electron chi connectivity index (χ3n) is 6.20. The van der Waals surface area contributed by atoms with Crippen LogP contribution in [0.3, 0.4) is 0 Å². The second-order valence-corrected chi connectivity index (χ2v) is 7.87. The summed E-state index contributed by atoms with van der Waals surface area (Å²) >= 11 is 0. The van der Waals surface area contributed by atoms with Gasteiger partial charge in [0.1, 0.15) is 0 Å². The smallest absolute Gasteiger partial charge is 0.0998 e. The van der Waals surface area contributed by atoms with Crippen molar-refractivity contribution in [3.05, 3.63) is 42.0 Å². The van der Waals surface area contributed by atoms with E-state index >= 15 is 0 Å². The van der Waals surface area contributed by atoms with E-state index in [0.29, 0.717) is 0 Å². The molecular formula is C23H29N3. The van der Waals surface area contributed by atoms with Gasteiger partial charge in [-0.05, 0) is 37.3 Å². The lowest BCUT2D eigenvalue weighted by molar-refractivity contribution is 0.241. The van der Waals surface area contributed by atoms with Gasteiger partial charge in [0.15, 0.2) is 0 Å². The molecule has 3 heteroatoms. The molecule has 0 atom stereocenters. The van der Waals surface area contributed by atoms with Crippen LogP contribution in [0.4, 0.5) is 5.69 Å². The Hall–Kier alpha value is -2.05. The van der Waals surface area contributed by atoms with Crippen LogP contribution in [-0.4, -0.2) is 24.6 Å². The molecule has 1 aliphatic carbocycles. The third-order valence-corrected chi connectivity index (χ3v) is 6.20. The van der Waals surface area contributed by atoms with E-state index in [1.165, 1.54) is 69.0 Å². The number of anilines is 1. The molecule has 0 amide bonds. The monoisotopic (exact) mass is 347 g/mol. The summed E-state index contributed by atoms with van der Waals surface area (Å²) in [5.74, 6) is 0.929. The Bertz CT molecular complexity index is 786. The van der Waals surface area contributed by atoms with E-state index in [-0.39, 0.29) is 0 Å². The van der Waals surface area contributed by atoms with E-state index in [9.17, 15) is 5.26 Å². The Labute approximate surface area is 157 Å². The molecule has 1 heterocycles. The summed E-state index contributed by atoms with van der Waals surface area (Å²) in [6.45, 7) is 3.40. The van der Waals surface area contributed by atoms with Gasteiger partial charge in [0.05, 0.1) is 17.3 Å². The van der Waals surface area contributed by atoms with Gasteiger partial charge in [-0.15, -0.1) is 0 Å².